The van der Waals surface area contributed by atoms with Crippen LogP contribution in [0.5, 0.6) is 5.75 Å². The van der Waals surface area contributed by atoms with Crippen LogP contribution in [0.15, 0.2) is 24.3 Å². The number of hydrogen-bond donors (Lipinski definition) is 0. The predicted octanol–water partition coefficient (Wildman–Crippen LogP) is 3.59. The number of halogens is 1. The summed E-state index contributed by atoms with van der Waals surface area (Å²) in [6.07, 6.45) is 1.98. The highest BCUT2D eigenvalue weighted by molar-refractivity contribution is 6.32. The molecule has 0 amide bonds. The average Bonchev–Trinajstić information content (AvgIpc) is 2.88. The molecule has 0 radical (unpaired) electrons. The van der Waals surface area contributed by atoms with Gasteiger partial charge in [0.1, 0.15) is 11.4 Å². The maximum absolute atomic E-state index is 11.4. The van der Waals surface area contributed by atoms with Crippen LogP contribution in [0, 0.1) is 23.0 Å². The number of nitro groups is 1. The molecule has 1 aromatic heterocycles. The second kappa shape index (κ2) is 7.31. The molecule has 0 bridgehead atoms. The molecule has 1 saturated heterocycles. The first-order valence-corrected chi connectivity index (χ1v) is 8.65. The van der Waals surface area contributed by atoms with Crippen LogP contribution < -0.4 is 9.64 Å². The number of ether oxygens (including phenoxy) is 1. The van der Waals surface area contributed by atoms with Gasteiger partial charge in [0.25, 0.3) is 0 Å². The summed E-state index contributed by atoms with van der Waals surface area (Å²) in [7, 11) is 1.75. The van der Waals surface area contributed by atoms with Gasteiger partial charge in [-0.15, -0.1) is 0 Å². The summed E-state index contributed by atoms with van der Waals surface area (Å²) >= 11 is 6.12. The first-order valence-electron chi connectivity index (χ1n) is 8.27. The van der Waals surface area contributed by atoms with E-state index in [-0.39, 0.29) is 16.5 Å². The average molecular weight is 365 g/mol. The number of benzene rings is 1. The molecule has 2 aromatic rings. The van der Waals surface area contributed by atoms with Crippen LogP contribution in [0.2, 0.25) is 5.02 Å². The Hall–Kier alpha value is -2.28. The third kappa shape index (κ3) is 3.71. The molecule has 1 fully saturated rings. The van der Waals surface area contributed by atoms with E-state index in [1.807, 2.05) is 23.1 Å². The minimum Gasteiger partial charge on any atom is -0.492 e. The molecule has 0 aliphatic carbocycles. The molecule has 134 valence electrons. The number of aryl methyl sites for hydroxylation is 2. The van der Waals surface area contributed by atoms with Crippen LogP contribution in [-0.2, 0) is 7.05 Å². The molecule has 3 rings (SSSR count). The summed E-state index contributed by atoms with van der Waals surface area (Å²) in [5, 5.41) is 16.2. The molecule has 0 saturated carbocycles. The Morgan fingerprint density at radius 3 is 2.92 bits per heavy atom. The Kier molecular flexibility index (Phi) is 5.13. The zero-order chi connectivity index (χ0) is 18.0. The van der Waals surface area contributed by atoms with Crippen molar-refractivity contribution in [2.45, 2.75) is 19.8 Å². The van der Waals surface area contributed by atoms with E-state index >= 15 is 0 Å². The van der Waals surface area contributed by atoms with E-state index in [4.69, 9.17) is 16.3 Å². The standard InChI is InChI=1S/C17H21ClN4O3/c1-12-16(22(23)24)17(20(2)19-12)21-9-5-6-13(10-21)11-25-15-8-4-3-7-14(15)18/h3-4,7-8,13H,5-6,9-11H2,1-2H3. The number of nitrogens with zero attached hydrogens (tertiary/aromatic N) is 4. The maximum atomic E-state index is 11.4. The minimum atomic E-state index is -0.346. The molecule has 7 nitrogen and oxygen atoms in total. The number of para-hydroxylation sites is 1. The lowest BCUT2D eigenvalue weighted by Gasteiger charge is -2.33. The second-order valence-corrected chi connectivity index (χ2v) is 6.74. The largest absolute Gasteiger partial charge is 0.492 e. The summed E-state index contributed by atoms with van der Waals surface area (Å²) in [4.78, 5) is 13.1. The van der Waals surface area contributed by atoms with Gasteiger partial charge in [-0.05, 0) is 31.9 Å². The van der Waals surface area contributed by atoms with Gasteiger partial charge in [-0.2, -0.15) is 5.10 Å². The number of hydrogen-bond acceptors (Lipinski definition) is 5. The Morgan fingerprint density at radius 2 is 2.20 bits per heavy atom. The van der Waals surface area contributed by atoms with E-state index < -0.39 is 0 Å². The van der Waals surface area contributed by atoms with Crippen molar-refractivity contribution in [1.82, 2.24) is 9.78 Å². The molecule has 1 aromatic carbocycles. The molecule has 25 heavy (non-hydrogen) atoms. The van der Waals surface area contributed by atoms with E-state index in [2.05, 4.69) is 5.10 Å². The Labute approximate surface area is 151 Å². The fourth-order valence-corrected chi connectivity index (χ4v) is 3.56. The zero-order valence-corrected chi connectivity index (χ0v) is 15.1. The molecular formula is C17H21ClN4O3. The van der Waals surface area contributed by atoms with Crippen LogP contribution in [0.4, 0.5) is 11.5 Å². The first-order chi connectivity index (χ1) is 12.0. The Bertz CT molecular complexity index is 777. The fraction of sp³-hybridized carbons (Fsp3) is 0.471. The molecule has 1 atom stereocenters. The summed E-state index contributed by atoms with van der Waals surface area (Å²) in [5.74, 6) is 1.52. The van der Waals surface area contributed by atoms with Crippen LogP contribution in [0.3, 0.4) is 0 Å². The van der Waals surface area contributed by atoms with Gasteiger partial charge in [-0.3, -0.25) is 10.1 Å². The van der Waals surface area contributed by atoms with Crippen molar-refractivity contribution in [1.29, 1.82) is 0 Å². The number of aromatic nitrogens is 2. The van der Waals surface area contributed by atoms with Crippen LogP contribution >= 0.6 is 11.6 Å². The molecule has 1 unspecified atom stereocenters. The molecular weight excluding hydrogens is 344 g/mol. The molecule has 2 heterocycles. The van der Waals surface area contributed by atoms with Gasteiger partial charge < -0.3 is 9.64 Å². The smallest absolute Gasteiger partial charge is 0.333 e. The lowest BCUT2D eigenvalue weighted by Crippen LogP contribution is -2.39. The van der Waals surface area contributed by atoms with E-state index in [1.165, 1.54) is 0 Å². The van der Waals surface area contributed by atoms with Crippen molar-refractivity contribution in [3.05, 3.63) is 45.1 Å². The van der Waals surface area contributed by atoms with Gasteiger partial charge in [0.2, 0.25) is 5.82 Å². The van der Waals surface area contributed by atoms with Gasteiger partial charge in [0.15, 0.2) is 0 Å². The van der Waals surface area contributed by atoms with Gasteiger partial charge in [0, 0.05) is 26.1 Å². The molecule has 8 heteroatoms. The van der Waals surface area contributed by atoms with Gasteiger partial charge in [-0.1, -0.05) is 23.7 Å². The highest BCUT2D eigenvalue weighted by atomic mass is 35.5. The zero-order valence-electron chi connectivity index (χ0n) is 14.3. The Balaban J connectivity index is 1.72. The topological polar surface area (TPSA) is 73.4 Å². The number of anilines is 1. The van der Waals surface area contributed by atoms with Crippen LogP contribution in [0.1, 0.15) is 18.5 Å². The maximum Gasteiger partial charge on any atom is 0.333 e. The number of rotatable bonds is 5. The monoisotopic (exact) mass is 364 g/mol. The SMILES string of the molecule is Cc1nn(C)c(N2CCCC(COc3ccccc3Cl)C2)c1[N+](=O)[O-]. The van der Waals surface area contributed by atoms with E-state index in [1.54, 1.807) is 24.7 Å². The summed E-state index contributed by atoms with van der Waals surface area (Å²) in [5.41, 5.74) is 0.534. The van der Waals surface area contributed by atoms with Crippen molar-refractivity contribution in [3.8, 4) is 5.75 Å². The van der Waals surface area contributed by atoms with Gasteiger partial charge in [0.05, 0.1) is 16.6 Å². The van der Waals surface area contributed by atoms with Crippen molar-refractivity contribution >= 4 is 23.1 Å². The van der Waals surface area contributed by atoms with E-state index in [0.29, 0.717) is 35.4 Å². The van der Waals surface area contributed by atoms with Crippen LogP contribution in [-0.4, -0.2) is 34.4 Å². The second-order valence-electron chi connectivity index (χ2n) is 6.33. The Morgan fingerprint density at radius 1 is 1.44 bits per heavy atom. The van der Waals surface area contributed by atoms with E-state index in [0.717, 1.165) is 19.4 Å². The highest BCUT2D eigenvalue weighted by Gasteiger charge is 2.31. The fourth-order valence-electron chi connectivity index (χ4n) is 3.37. The lowest BCUT2D eigenvalue weighted by molar-refractivity contribution is -0.384. The summed E-state index contributed by atoms with van der Waals surface area (Å²) in [6.45, 7) is 3.68. The summed E-state index contributed by atoms with van der Waals surface area (Å²) < 4.78 is 7.46. The third-order valence-electron chi connectivity index (χ3n) is 4.47. The van der Waals surface area contributed by atoms with Crippen molar-refractivity contribution in [2.24, 2.45) is 13.0 Å². The quantitative estimate of drug-likeness (QED) is 0.598. The molecule has 0 spiro atoms. The molecule has 1 aliphatic heterocycles. The number of piperidine rings is 1. The van der Waals surface area contributed by atoms with Crippen molar-refractivity contribution < 1.29 is 9.66 Å². The third-order valence-corrected chi connectivity index (χ3v) is 4.79. The summed E-state index contributed by atoms with van der Waals surface area (Å²) in [6, 6.07) is 7.39. The molecule has 1 aliphatic rings. The predicted molar refractivity (Wildman–Crippen MR) is 96.5 cm³/mol. The highest BCUT2D eigenvalue weighted by Crippen LogP contribution is 2.34. The van der Waals surface area contributed by atoms with Crippen LogP contribution in [0.25, 0.3) is 0 Å². The normalized spacial score (nSPS) is 17.6. The minimum absolute atomic E-state index is 0.0928. The lowest BCUT2D eigenvalue weighted by atomic mass is 9.99. The molecule has 0 N–H and O–H groups in total. The first kappa shape index (κ1) is 17.5. The van der Waals surface area contributed by atoms with Gasteiger partial charge >= 0.3 is 5.69 Å². The van der Waals surface area contributed by atoms with E-state index in [9.17, 15) is 10.1 Å². The van der Waals surface area contributed by atoms with Gasteiger partial charge in [-0.25, -0.2) is 4.68 Å². The van der Waals surface area contributed by atoms with Crippen molar-refractivity contribution in [3.63, 3.8) is 0 Å². The van der Waals surface area contributed by atoms with Crippen molar-refractivity contribution in [2.75, 3.05) is 24.6 Å².